The van der Waals surface area contributed by atoms with E-state index in [-0.39, 0.29) is 0 Å². The molecule has 0 unspecified atom stereocenters. The van der Waals surface area contributed by atoms with Gasteiger partial charge < -0.3 is 9.32 Å². The van der Waals surface area contributed by atoms with Crippen LogP contribution in [0.5, 0.6) is 0 Å². The first-order valence-electron chi connectivity index (χ1n) is 13.4. The van der Waals surface area contributed by atoms with Crippen LogP contribution in [0.25, 0.3) is 62.3 Å². The van der Waals surface area contributed by atoms with Crippen LogP contribution in [0, 0.1) is 0 Å². The Bertz CT molecular complexity index is 2350. The van der Waals surface area contributed by atoms with E-state index < -0.39 is 0 Å². The maximum atomic E-state index is 6.22. The summed E-state index contributed by atoms with van der Waals surface area (Å²) in [5.74, 6) is 0. The highest BCUT2D eigenvalue weighted by atomic mass is 79.9. The van der Waals surface area contributed by atoms with E-state index in [9.17, 15) is 0 Å². The fraction of sp³-hybridized carbons (Fsp3) is 0. The Morgan fingerprint density at radius 2 is 0.976 bits per heavy atom. The van der Waals surface area contributed by atoms with Gasteiger partial charge in [-0.15, -0.1) is 22.7 Å². The first-order valence-corrected chi connectivity index (χ1v) is 15.9. The minimum atomic E-state index is 0.885. The largest absolute Gasteiger partial charge is 0.456 e. The Labute approximate surface area is 251 Å². The van der Waals surface area contributed by atoms with E-state index in [2.05, 4.69) is 136 Å². The molecule has 0 radical (unpaired) electrons. The van der Waals surface area contributed by atoms with E-state index in [1.807, 2.05) is 28.7 Å². The van der Waals surface area contributed by atoms with E-state index >= 15 is 0 Å². The third kappa shape index (κ3) is 3.66. The first kappa shape index (κ1) is 23.5. The van der Waals surface area contributed by atoms with E-state index in [1.54, 1.807) is 0 Å². The maximum Gasteiger partial charge on any atom is 0.136 e. The van der Waals surface area contributed by atoms with Crippen molar-refractivity contribution in [3.8, 4) is 0 Å². The van der Waals surface area contributed by atoms with Crippen LogP contribution in [0.1, 0.15) is 0 Å². The summed E-state index contributed by atoms with van der Waals surface area (Å²) < 4.78 is 12.5. The second-order valence-corrected chi connectivity index (χ2v) is 13.4. The molecular formula is C36H20BrNOS2. The molecule has 3 aromatic heterocycles. The summed E-state index contributed by atoms with van der Waals surface area (Å²) in [5.41, 5.74) is 5.14. The Balaban J connectivity index is 1.32. The molecule has 0 saturated carbocycles. The number of anilines is 3. The second-order valence-electron chi connectivity index (χ2n) is 10.3. The summed E-state index contributed by atoms with van der Waals surface area (Å²) >= 11 is 7.29. The number of fused-ring (bicyclic) bond motifs is 9. The van der Waals surface area contributed by atoms with Gasteiger partial charge >= 0.3 is 0 Å². The molecule has 0 N–H and O–H groups in total. The molecule has 2 nitrogen and oxygen atoms in total. The van der Waals surface area contributed by atoms with Crippen LogP contribution in [0.15, 0.2) is 130 Å². The van der Waals surface area contributed by atoms with Crippen molar-refractivity contribution in [3.63, 3.8) is 0 Å². The molecule has 9 rings (SSSR count). The zero-order valence-corrected chi connectivity index (χ0v) is 24.8. The van der Waals surface area contributed by atoms with Gasteiger partial charge in [-0.25, -0.2) is 0 Å². The van der Waals surface area contributed by atoms with Gasteiger partial charge in [-0.3, -0.25) is 0 Å². The van der Waals surface area contributed by atoms with Crippen LogP contribution in [-0.2, 0) is 0 Å². The van der Waals surface area contributed by atoms with E-state index in [1.165, 1.54) is 40.3 Å². The Kier molecular flexibility index (Phi) is 5.12. The molecule has 0 amide bonds. The summed E-state index contributed by atoms with van der Waals surface area (Å²) in [4.78, 5) is 2.38. The van der Waals surface area contributed by atoms with Crippen LogP contribution in [-0.4, -0.2) is 0 Å². The van der Waals surface area contributed by atoms with Crippen LogP contribution in [0.2, 0.25) is 0 Å². The highest BCUT2D eigenvalue weighted by Gasteiger charge is 2.18. The first-order chi connectivity index (χ1) is 20.2. The standard InChI is InChI=1S/C36H20BrNOS2/c37-21-9-13-25-28-18-22(10-14-31(28)39-32(25)17-21)38(23-11-15-35-29(19-23)26-5-1-3-7-33(26)40-35)24-12-16-36-30(20-24)27-6-2-4-8-34(27)41-36/h1-20H. The van der Waals surface area contributed by atoms with Gasteiger partial charge in [0.05, 0.1) is 0 Å². The van der Waals surface area contributed by atoms with Gasteiger partial charge in [0.25, 0.3) is 0 Å². The van der Waals surface area contributed by atoms with Gasteiger partial charge in [-0.1, -0.05) is 52.3 Å². The molecule has 5 heteroatoms. The van der Waals surface area contributed by atoms with Crippen molar-refractivity contribution in [2.24, 2.45) is 0 Å². The van der Waals surface area contributed by atoms with Crippen molar-refractivity contribution in [1.82, 2.24) is 0 Å². The van der Waals surface area contributed by atoms with Crippen molar-refractivity contribution in [3.05, 3.63) is 126 Å². The van der Waals surface area contributed by atoms with Crippen molar-refractivity contribution < 1.29 is 4.42 Å². The average molecular weight is 627 g/mol. The Hall–Kier alpha value is -4.16. The molecule has 0 spiro atoms. The lowest BCUT2D eigenvalue weighted by Crippen LogP contribution is -2.09. The van der Waals surface area contributed by atoms with Crippen LogP contribution < -0.4 is 4.90 Å². The van der Waals surface area contributed by atoms with Gasteiger partial charge in [0.2, 0.25) is 0 Å². The molecule has 0 saturated heterocycles. The number of furan rings is 1. The predicted octanol–water partition coefficient (Wildman–Crippen LogP) is 12.6. The van der Waals surface area contributed by atoms with E-state index in [0.717, 1.165) is 43.5 Å². The number of nitrogens with zero attached hydrogens (tertiary/aromatic N) is 1. The number of hydrogen-bond acceptors (Lipinski definition) is 4. The number of benzene rings is 6. The Morgan fingerprint density at radius 1 is 0.439 bits per heavy atom. The predicted molar refractivity (Wildman–Crippen MR) is 182 cm³/mol. The molecule has 6 aromatic carbocycles. The lowest BCUT2D eigenvalue weighted by molar-refractivity contribution is 0.668. The molecule has 0 aliphatic carbocycles. The zero-order chi connectivity index (χ0) is 27.1. The Morgan fingerprint density at radius 3 is 1.61 bits per heavy atom. The maximum absolute atomic E-state index is 6.22. The van der Waals surface area contributed by atoms with Crippen LogP contribution >= 0.6 is 38.6 Å². The van der Waals surface area contributed by atoms with Crippen molar-refractivity contribution in [2.75, 3.05) is 4.90 Å². The number of hydrogen-bond donors (Lipinski definition) is 0. The molecule has 0 fully saturated rings. The molecule has 0 atom stereocenters. The van der Waals surface area contributed by atoms with Crippen molar-refractivity contribution >= 4 is 118 Å². The lowest BCUT2D eigenvalue weighted by Gasteiger charge is -2.26. The zero-order valence-electron chi connectivity index (χ0n) is 21.6. The summed E-state index contributed by atoms with van der Waals surface area (Å²) in [6.07, 6.45) is 0. The summed E-state index contributed by atoms with van der Waals surface area (Å²) in [6, 6.07) is 43.9. The van der Waals surface area contributed by atoms with Crippen LogP contribution in [0.4, 0.5) is 17.1 Å². The minimum absolute atomic E-state index is 0.885. The molecule has 41 heavy (non-hydrogen) atoms. The van der Waals surface area contributed by atoms with Gasteiger partial charge in [-0.2, -0.15) is 0 Å². The van der Waals surface area contributed by atoms with E-state index in [4.69, 9.17) is 4.42 Å². The quantitative estimate of drug-likeness (QED) is 0.194. The SMILES string of the molecule is Brc1ccc2c(c1)oc1ccc(N(c3ccc4sc5ccccc5c4c3)c3ccc4sc5ccccc5c4c3)cc12. The molecule has 0 aliphatic rings. The number of rotatable bonds is 3. The van der Waals surface area contributed by atoms with Gasteiger partial charge in [0.15, 0.2) is 0 Å². The molecular weight excluding hydrogens is 606 g/mol. The molecule has 9 aromatic rings. The highest BCUT2D eigenvalue weighted by Crippen LogP contribution is 2.44. The van der Waals surface area contributed by atoms with Gasteiger partial charge in [-0.05, 0) is 84.9 Å². The third-order valence-corrected chi connectivity index (χ3v) is 10.7. The summed E-state index contributed by atoms with van der Waals surface area (Å²) in [6.45, 7) is 0. The average Bonchev–Trinajstić information content (AvgIpc) is 3.67. The van der Waals surface area contributed by atoms with Gasteiger partial charge in [0, 0.05) is 72.7 Å². The monoisotopic (exact) mass is 625 g/mol. The van der Waals surface area contributed by atoms with Crippen molar-refractivity contribution in [2.45, 2.75) is 0 Å². The van der Waals surface area contributed by atoms with Crippen molar-refractivity contribution in [1.29, 1.82) is 0 Å². The summed E-state index contributed by atoms with van der Waals surface area (Å²) in [7, 11) is 0. The molecule has 0 bridgehead atoms. The van der Waals surface area contributed by atoms with Gasteiger partial charge in [0.1, 0.15) is 11.2 Å². The molecule has 3 heterocycles. The molecule has 194 valence electrons. The van der Waals surface area contributed by atoms with Crippen LogP contribution in [0.3, 0.4) is 0 Å². The van der Waals surface area contributed by atoms with E-state index in [0.29, 0.717) is 0 Å². The number of thiophene rings is 2. The third-order valence-electron chi connectivity index (χ3n) is 7.91. The lowest BCUT2D eigenvalue weighted by atomic mass is 10.1. The topological polar surface area (TPSA) is 16.4 Å². The highest BCUT2D eigenvalue weighted by molar-refractivity contribution is 9.10. The number of halogens is 1. The molecule has 0 aliphatic heterocycles. The fourth-order valence-corrected chi connectivity index (χ4v) is 8.54. The second kappa shape index (κ2) is 8.92. The smallest absolute Gasteiger partial charge is 0.136 e. The fourth-order valence-electron chi connectivity index (χ4n) is 6.03. The minimum Gasteiger partial charge on any atom is -0.456 e. The summed E-state index contributed by atoms with van der Waals surface area (Å²) in [5, 5.41) is 7.40. The normalized spacial score (nSPS) is 12.0.